The largest absolute Gasteiger partial charge is 0.339 e. The molecule has 5 nitrogen and oxygen atoms in total. The van der Waals surface area contributed by atoms with Crippen LogP contribution in [0.3, 0.4) is 0 Å². The second-order valence-electron chi connectivity index (χ2n) is 4.76. The Kier molecular flexibility index (Phi) is 4.29. The zero-order chi connectivity index (χ0) is 12.2. The van der Waals surface area contributed by atoms with Crippen LogP contribution in [-0.2, 0) is 6.54 Å². The second-order valence-corrected chi connectivity index (χ2v) is 4.76. The Morgan fingerprint density at radius 1 is 1.25 bits per heavy atom. The number of nitrogens with one attached hydrogen (secondary N) is 1. The van der Waals surface area contributed by atoms with Crippen LogP contribution in [0.2, 0.25) is 0 Å². The highest BCUT2D eigenvalue weighted by Crippen LogP contribution is 2.09. The van der Waals surface area contributed by atoms with Crippen molar-refractivity contribution in [2.45, 2.75) is 46.7 Å². The maximum Gasteiger partial charge on any atom is 0.266 e. The standard InChI is InChI=1S/C11H22N4O/c1-6-15(7-2)10-13-9(16-14-10)8-12-11(3,4)5/h12H,6-8H2,1-5H3. The lowest BCUT2D eigenvalue weighted by Crippen LogP contribution is -2.35. The lowest BCUT2D eigenvalue weighted by molar-refractivity contribution is 0.336. The van der Waals surface area contributed by atoms with E-state index < -0.39 is 0 Å². The van der Waals surface area contributed by atoms with Gasteiger partial charge in [-0.25, -0.2) is 0 Å². The van der Waals surface area contributed by atoms with Crippen LogP contribution in [-0.4, -0.2) is 28.8 Å². The van der Waals surface area contributed by atoms with Gasteiger partial charge in [-0.05, 0) is 39.8 Å². The van der Waals surface area contributed by atoms with E-state index in [2.05, 4.69) is 55.0 Å². The van der Waals surface area contributed by atoms with Gasteiger partial charge < -0.3 is 14.7 Å². The summed E-state index contributed by atoms with van der Waals surface area (Å²) in [6.07, 6.45) is 0. The number of aromatic nitrogens is 2. The first-order valence-electron chi connectivity index (χ1n) is 5.78. The van der Waals surface area contributed by atoms with Gasteiger partial charge in [0, 0.05) is 18.6 Å². The third-order valence-electron chi connectivity index (χ3n) is 2.27. The SMILES string of the molecule is CCN(CC)c1noc(CNC(C)(C)C)n1. The maximum atomic E-state index is 5.18. The number of nitrogens with zero attached hydrogens (tertiary/aromatic N) is 3. The van der Waals surface area contributed by atoms with Crippen LogP contribution in [0, 0.1) is 0 Å². The Bertz CT molecular complexity index is 312. The molecule has 1 N–H and O–H groups in total. The van der Waals surface area contributed by atoms with Gasteiger partial charge in [0.2, 0.25) is 5.89 Å². The molecule has 0 spiro atoms. The molecule has 0 fully saturated rings. The van der Waals surface area contributed by atoms with Crippen LogP contribution in [0.1, 0.15) is 40.5 Å². The highest BCUT2D eigenvalue weighted by molar-refractivity contribution is 5.26. The van der Waals surface area contributed by atoms with Crippen molar-refractivity contribution in [3.63, 3.8) is 0 Å². The average Bonchev–Trinajstić information content (AvgIpc) is 2.65. The molecule has 0 amide bonds. The summed E-state index contributed by atoms with van der Waals surface area (Å²) in [6.45, 7) is 12.9. The molecule has 1 heterocycles. The van der Waals surface area contributed by atoms with E-state index in [4.69, 9.17) is 4.52 Å². The van der Waals surface area contributed by atoms with E-state index in [-0.39, 0.29) is 5.54 Å². The Labute approximate surface area is 97.2 Å². The van der Waals surface area contributed by atoms with Gasteiger partial charge in [0.1, 0.15) is 0 Å². The van der Waals surface area contributed by atoms with E-state index in [0.717, 1.165) is 13.1 Å². The zero-order valence-corrected chi connectivity index (χ0v) is 10.9. The molecule has 0 radical (unpaired) electrons. The fourth-order valence-electron chi connectivity index (χ4n) is 1.29. The average molecular weight is 226 g/mol. The van der Waals surface area contributed by atoms with Crippen molar-refractivity contribution in [3.8, 4) is 0 Å². The van der Waals surface area contributed by atoms with E-state index in [0.29, 0.717) is 18.4 Å². The lowest BCUT2D eigenvalue weighted by Gasteiger charge is -2.18. The highest BCUT2D eigenvalue weighted by atomic mass is 16.5. The Morgan fingerprint density at radius 3 is 2.38 bits per heavy atom. The summed E-state index contributed by atoms with van der Waals surface area (Å²) in [5.41, 5.74) is 0.0594. The summed E-state index contributed by atoms with van der Waals surface area (Å²) in [7, 11) is 0. The Balaban J connectivity index is 2.58. The first kappa shape index (κ1) is 13.0. The van der Waals surface area contributed by atoms with Crippen LogP contribution in [0.5, 0.6) is 0 Å². The molecular weight excluding hydrogens is 204 g/mol. The predicted molar refractivity (Wildman–Crippen MR) is 64.5 cm³/mol. The van der Waals surface area contributed by atoms with E-state index in [1.165, 1.54) is 0 Å². The molecule has 0 aliphatic carbocycles. The van der Waals surface area contributed by atoms with E-state index >= 15 is 0 Å². The van der Waals surface area contributed by atoms with Gasteiger partial charge in [-0.2, -0.15) is 4.98 Å². The molecule has 1 rings (SSSR count). The van der Waals surface area contributed by atoms with E-state index in [9.17, 15) is 0 Å². The molecule has 0 aromatic carbocycles. The normalized spacial score (nSPS) is 11.8. The number of hydrogen-bond acceptors (Lipinski definition) is 5. The summed E-state index contributed by atoms with van der Waals surface area (Å²) in [5, 5.41) is 7.27. The Hall–Kier alpha value is -1.10. The molecule has 0 saturated heterocycles. The van der Waals surface area contributed by atoms with Crippen LogP contribution >= 0.6 is 0 Å². The van der Waals surface area contributed by atoms with Crippen molar-refractivity contribution >= 4 is 5.95 Å². The molecule has 1 aromatic rings. The molecule has 0 aliphatic heterocycles. The number of hydrogen-bond donors (Lipinski definition) is 1. The molecule has 1 aromatic heterocycles. The topological polar surface area (TPSA) is 54.2 Å². The molecule has 5 heteroatoms. The molecule has 0 aliphatic rings. The molecule has 92 valence electrons. The van der Waals surface area contributed by atoms with E-state index in [1.807, 2.05) is 0 Å². The minimum absolute atomic E-state index is 0.0594. The van der Waals surface area contributed by atoms with Crippen molar-refractivity contribution in [2.75, 3.05) is 18.0 Å². The minimum Gasteiger partial charge on any atom is -0.339 e. The summed E-state index contributed by atoms with van der Waals surface area (Å²) < 4.78 is 5.18. The van der Waals surface area contributed by atoms with Gasteiger partial charge in [-0.1, -0.05) is 0 Å². The monoisotopic (exact) mass is 226 g/mol. The van der Waals surface area contributed by atoms with Gasteiger partial charge in [-0.15, -0.1) is 0 Å². The second kappa shape index (κ2) is 5.30. The van der Waals surface area contributed by atoms with Gasteiger partial charge in [0.25, 0.3) is 5.95 Å². The predicted octanol–water partition coefficient (Wildman–Crippen LogP) is 1.80. The summed E-state index contributed by atoms with van der Waals surface area (Å²) in [4.78, 5) is 6.40. The van der Waals surface area contributed by atoms with Crippen molar-refractivity contribution in [1.82, 2.24) is 15.5 Å². The summed E-state index contributed by atoms with van der Waals surface area (Å²) in [6, 6.07) is 0. The fraction of sp³-hybridized carbons (Fsp3) is 0.818. The fourth-order valence-corrected chi connectivity index (χ4v) is 1.29. The van der Waals surface area contributed by atoms with Crippen molar-refractivity contribution in [3.05, 3.63) is 5.89 Å². The van der Waals surface area contributed by atoms with E-state index in [1.54, 1.807) is 0 Å². The third-order valence-corrected chi connectivity index (χ3v) is 2.27. The number of rotatable bonds is 5. The van der Waals surface area contributed by atoms with Gasteiger partial charge in [0.15, 0.2) is 0 Å². The molecular formula is C11H22N4O. The van der Waals surface area contributed by atoms with Gasteiger partial charge in [0.05, 0.1) is 6.54 Å². The third kappa shape index (κ3) is 3.81. The maximum absolute atomic E-state index is 5.18. The van der Waals surface area contributed by atoms with Crippen LogP contribution in [0.25, 0.3) is 0 Å². The smallest absolute Gasteiger partial charge is 0.266 e. The number of anilines is 1. The van der Waals surface area contributed by atoms with Gasteiger partial charge >= 0.3 is 0 Å². The van der Waals surface area contributed by atoms with Crippen LogP contribution < -0.4 is 10.2 Å². The first-order valence-corrected chi connectivity index (χ1v) is 5.78. The molecule has 0 saturated carbocycles. The van der Waals surface area contributed by atoms with Gasteiger partial charge in [-0.3, -0.25) is 0 Å². The Morgan fingerprint density at radius 2 is 1.88 bits per heavy atom. The first-order chi connectivity index (χ1) is 7.46. The highest BCUT2D eigenvalue weighted by Gasteiger charge is 2.14. The van der Waals surface area contributed by atoms with Crippen molar-refractivity contribution in [2.24, 2.45) is 0 Å². The molecule has 0 atom stereocenters. The van der Waals surface area contributed by atoms with Crippen LogP contribution in [0.15, 0.2) is 4.52 Å². The molecule has 0 unspecified atom stereocenters. The molecule has 16 heavy (non-hydrogen) atoms. The quantitative estimate of drug-likeness (QED) is 0.829. The summed E-state index contributed by atoms with van der Waals surface area (Å²) in [5.74, 6) is 1.31. The van der Waals surface area contributed by atoms with Crippen LogP contribution in [0.4, 0.5) is 5.95 Å². The van der Waals surface area contributed by atoms with Crippen molar-refractivity contribution < 1.29 is 4.52 Å². The summed E-state index contributed by atoms with van der Waals surface area (Å²) >= 11 is 0. The van der Waals surface area contributed by atoms with Crippen molar-refractivity contribution in [1.29, 1.82) is 0 Å². The minimum atomic E-state index is 0.0594. The zero-order valence-electron chi connectivity index (χ0n) is 10.9. The lowest BCUT2D eigenvalue weighted by atomic mass is 10.1. The molecule has 0 bridgehead atoms.